The first-order valence-electron chi connectivity index (χ1n) is 8.43. The van der Waals surface area contributed by atoms with Gasteiger partial charge in [-0.05, 0) is 54.5 Å². The number of benzene rings is 2. The first-order valence-corrected chi connectivity index (χ1v) is 9.07. The highest BCUT2D eigenvalue weighted by molar-refractivity contribution is 7.79. The molecule has 3 rings (SSSR count). The molecule has 0 aromatic heterocycles. The highest BCUT2D eigenvalue weighted by Crippen LogP contribution is 2.45. The van der Waals surface area contributed by atoms with E-state index in [4.69, 9.17) is 9.47 Å². The number of carbonyl (C=O) groups excluding carboxylic acids is 1. The summed E-state index contributed by atoms with van der Waals surface area (Å²) in [6, 6.07) is 8.62. The fraction of sp³-hybridized carbons (Fsp3) is 0.350. The van der Waals surface area contributed by atoms with Gasteiger partial charge in [-0.3, -0.25) is 0 Å². The number of thiol groups is 1. The topological polar surface area (TPSA) is 44.8 Å². The lowest BCUT2D eigenvalue weighted by atomic mass is 10.1. The number of carbonyl (C=O) groups is 1. The number of hydrogen-bond donors (Lipinski definition) is 1. The molecular formula is C20H21FO4S. The molecule has 4 nitrogen and oxygen atoms in total. The summed E-state index contributed by atoms with van der Waals surface area (Å²) in [5.41, 5.74) is 3.21. The highest BCUT2D eigenvalue weighted by Gasteiger charge is 2.28. The number of hydrogen-bond acceptors (Lipinski definition) is 5. The van der Waals surface area contributed by atoms with Crippen molar-refractivity contribution in [3.8, 4) is 11.5 Å². The molecule has 0 amide bonds. The zero-order valence-corrected chi connectivity index (χ0v) is 15.6. The molecule has 1 aliphatic carbocycles. The van der Waals surface area contributed by atoms with E-state index in [9.17, 15) is 9.18 Å². The second kappa shape index (κ2) is 7.99. The molecule has 138 valence electrons. The fourth-order valence-corrected chi connectivity index (χ4v) is 3.12. The van der Waals surface area contributed by atoms with Crippen molar-refractivity contribution in [1.82, 2.24) is 0 Å². The molecule has 0 aliphatic heterocycles. The van der Waals surface area contributed by atoms with Crippen molar-refractivity contribution < 1.29 is 23.4 Å². The van der Waals surface area contributed by atoms with Gasteiger partial charge in [0, 0.05) is 17.4 Å². The first-order chi connectivity index (χ1) is 12.5. The van der Waals surface area contributed by atoms with Gasteiger partial charge in [-0.2, -0.15) is 12.6 Å². The van der Waals surface area contributed by atoms with Gasteiger partial charge in [-0.15, -0.1) is 0 Å². The summed E-state index contributed by atoms with van der Waals surface area (Å²) in [6.07, 6.45) is 1.37. The summed E-state index contributed by atoms with van der Waals surface area (Å²) in [6.45, 7) is 1.90. The number of methoxy groups -OCH3 is 1. The maximum atomic E-state index is 14.0. The van der Waals surface area contributed by atoms with E-state index in [0.717, 1.165) is 24.0 Å². The van der Waals surface area contributed by atoms with Gasteiger partial charge in [0.1, 0.15) is 23.9 Å². The predicted molar refractivity (Wildman–Crippen MR) is 99.6 cm³/mol. The minimum atomic E-state index is -0.803. The SMILES string of the molecule is COC(=O)Oc1cccc(CS)c1COc1cc(F)c(C)cc1C1CC1. The lowest BCUT2D eigenvalue weighted by Gasteiger charge is -2.16. The van der Waals surface area contributed by atoms with E-state index < -0.39 is 6.16 Å². The van der Waals surface area contributed by atoms with Crippen LogP contribution < -0.4 is 9.47 Å². The van der Waals surface area contributed by atoms with E-state index in [2.05, 4.69) is 17.4 Å². The summed E-state index contributed by atoms with van der Waals surface area (Å²) in [5, 5.41) is 0. The normalized spacial score (nSPS) is 13.4. The van der Waals surface area contributed by atoms with E-state index in [1.54, 1.807) is 19.1 Å². The van der Waals surface area contributed by atoms with Crippen LogP contribution in [-0.4, -0.2) is 13.3 Å². The van der Waals surface area contributed by atoms with Gasteiger partial charge in [0.25, 0.3) is 0 Å². The van der Waals surface area contributed by atoms with Crippen molar-refractivity contribution in [2.75, 3.05) is 7.11 Å². The van der Waals surface area contributed by atoms with E-state index in [1.165, 1.54) is 13.2 Å². The lowest BCUT2D eigenvalue weighted by molar-refractivity contribution is 0.120. The van der Waals surface area contributed by atoms with Crippen LogP contribution in [0.25, 0.3) is 0 Å². The molecule has 0 N–H and O–H groups in total. The van der Waals surface area contributed by atoms with Gasteiger partial charge in [0.15, 0.2) is 0 Å². The summed E-state index contributed by atoms with van der Waals surface area (Å²) in [7, 11) is 1.25. The molecule has 0 spiro atoms. The second-order valence-corrected chi connectivity index (χ2v) is 6.63. The smallest absolute Gasteiger partial charge is 0.488 e. The molecule has 0 unspecified atom stereocenters. The Hall–Kier alpha value is -2.21. The highest BCUT2D eigenvalue weighted by atomic mass is 32.1. The Morgan fingerprint density at radius 3 is 2.69 bits per heavy atom. The third kappa shape index (κ3) is 4.12. The maximum Gasteiger partial charge on any atom is 0.513 e. The number of ether oxygens (including phenoxy) is 3. The molecule has 0 bridgehead atoms. The van der Waals surface area contributed by atoms with Crippen LogP contribution in [0.15, 0.2) is 30.3 Å². The summed E-state index contributed by atoms with van der Waals surface area (Å²) in [5.74, 6) is 1.47. The Kier molecular flexibility index (Phi) is 5.71. The molecule has 0 radical (unpaired) electrons. The van der Waals surface area contributed by atoms with E-state index in [-0.39, 0.29) is 12.4 Å². The van der Waals surface area contributed by atoms with Gasteiger partial charge in [-0.1, -0.05) is 12.1 Å². The molecule has 6 heteroatoms. The Bertz CT molecular complexity index is 818. The summed E-state index contributed by atoms with van der Waals surface area (Å²) >= 11 is 4.33. The molecule has 2 aromatic carbocycles. The fourth-order valence-electron chi connectivity index (χ4n) is 2.82. The molecule has 1 saturated carbocycles. The van der Waals surface area contributed by atoms with Crippen LogP contribution in [0.3, 0.4) is 0 Å². The monoisotopic (exact) mass is 376 g/mol. The zero-order valence-electron chi connectivity index (χ0n) is 14.8. The van der Waals surface area contributed by atoms with Crippen molar-refractivity contribution in [3.63, 3.8) is 0 Å². The standard InChI is InChI=1S/C20H21FO4S/c1-12-8-15(13-6-7-13)19(9-17(12)21)24-10-16-14(11-26)4-3-5-18(16)25-20(22)23-2/h3-5,8-9,13,26H,6-7,10-11H2,1-2H3. The van der Waals surface area contributed by atoms with Crippen molar-refractivity contribution in [3.05, 3.63) is 58.4 Å². The van der Waals surface area contributed by atoms with Crippen molar-refractivity contribution in [2.45, 2.75) is 38.0 Å². The molecule has 0 heterocycles. The Morgan fingerprint density at radius 2 is 2.04 bits per heavy atom. The van der Waals surface area contributed by atoms with Crippen LogP contribution in [0.2, 0.25) is 0 Å². The van der Waals surface area contributed by atoms with Crippen molar-refractivity contribution in [2.24, 2.45) is 0 Å². The Balaban J connectivity index is 1.88. The Morgan fingerprint density at radius 1 is 1.27 bits per heavy atom. The number of rotatable bonds is 6. The summed E-state index contributed by atoms with van der Waals surface area (Å²) in [4.78, 5) is 11.5. The zero-order chi connectivity index (χ0) is 18.7. The Labute approximate surface area is 157 Å². The van der Waals surface area contributed by atoms with Crippen LogP contribution >= 0.6 is 12.6 Å². The molecule has 26 heavy (non-hydrogen) atoms. The third-order valence-corrected chi connectivity index (χ3v) is 4.78. The minimum Gasteiger partial charge on any atom is -0.488 e. The minimum absolute atomic E-state index is 0.144. The van der Waals surface area contributed by atoms with E-state index in [1.807, 2.05) is 12.1 Å². The maximum absolute atomic E-state index is 14.0. The number of halogens is 1. The molecule has 0 atom stereocenters. The van der Waals surface area contributed by atoms with Crippen LogP contribution in [0.1, 0.15) is 41.0 Å². The van der Waals surface area contributed by atoms with Crippen molar-refractivity contribution in [1.29, 1.82) is 0 Å². The third-order valence-electron chi connectivity index (χ3n) is 4.44. The molecule has 1 aliphatic rings. The lowest BCUT2D eigenvalue weighted by Crippen LogP contribution is -2.11. The average Bonchev–Trinajstić information content (AvgIpc) is 3.47. The number of aryl methyl sites for hydroxylation is 1. The molecular weight excluding hydrogens is 355 g/mol. The van der Waals surface area contributed by atoms with Gasteiger partial charge < -0.3 is 14.2 Å². The molecule has 1 fully saturated rings. The van der Waals surface area contributed by atoms with Gasteiger partial charge in [0.05, 0.1) is 7.11 Å². The quantitative estimate of drug-likeness (QED) is 0.429. The van der Waals surface area contributed by atoms with Crippen LogP contribution in [0.5, 0.6) is 11.5 Å². The second-order valence-electron chi connectivity index (χ2n) is 6.31. The van der Waals surface area contributed by atoms with Crippen LogP contribution in [-0.2, 0) is 17.1 Å². The average molecular weight is 376 g/mol. The largest absolute Gasteiger partial charge is 0.513 e. The van der Waals surface area contributed by atoms with Gasteiger partial charge in [0.2, 0.25) is 0 Å². The van der Waals surface area contributed by atoms with Crippen LogP contribution in [0, 0.1) is 12.7 Å². The van der Waals surface area contributed by atoms with E-state index >= 15 is 0 Å². The van der Waals surface area contributed by atoms with E-state index in [0.29, 0.717) is 34.3 Å². The first kappa shape index (κ1) is 18.6. The molecule has 2 aromatic rings. The van der Waals surface area contributed by atoms with Crippen molar-refractivity contribution >= 4 is 18.8 Å². The molecule has 0 saturated heterocycles. The predicted octanol–water partition coefficient (Wildman–Crippen LogP) is 5.17. The van der Waals surface area contributed by atoms with Gasteiger partial charge >= 0.3 is 6.16 Å². The van der Waals surface area contributed by atoms with Gasteiger partial charge in [-0.25, -0.2) is 9.18 Å². The van der Waals surface area contributed by atoms with Crippen LogP contribution in [0.4, 0.5) is 9.18 Å². The summed E-state index contributed by atoms with van der Waals surface area (Å²) < 4.78 is 29.8.